The van der Waals surface area contributed by atoms with Crippen molar-refractivity contribution < 1.29 is 25.9 Å². The fraction of sp³-hybridized carbons (Fsp3) is 0.409. The first-order valence-corrected chi connectivity index (χ1v) is 13.0. The lowest BCUT2D eigenvalue weighted by atomic mass is 9.79. The van der Waals surface area contributed by atoms with E-state index >= 15 is 0 Å². The molecule has 0 amide bonds. The predicted octanol–water partition coefficient (Wildman–Crippen LogP) is 2.90. The van der Waals surface area contributed by atoms with Crippen molar-refractivity contribution in [1.82, 2.24) is 4.90 Å². The zero-order chi connectivity index (χ0) is 23.9. The van der Waals surface area contributed by atoms with E-state index in [9.17, 15) is 21.4 Å². The van der Waals surface area contributed by atoms with E-state index in [-0.39, 0.29) is 22.8 Å². The van der Waals surface area contributed by atoms with Gasteiger partial charge in [-0.1, -0.05) is 25.7 Å². The zero-order valence-electron chi connectivity index (χ0n) is 18.3. The third-order valence-corrected chi connectivity index (χ3v) is 8.07. The van der Waals surface area contributed by atoms with Crippen LogP contribution >= 0.6 is 0 Å². The van der Waals surface area contributed by atoms with Crippen LogP contribution in [-0.2, 0) is 20.2 Å². The molecule has 0 saturated heterocycles. The summed E-state index contributed by atoms with van der Waals surface area (Å²) in [4.78, 5) is 6.42. The van der Waals surface area contributed by atoms with Crippen LogP contribution in [0.3, 0.4) is 0 Å². The SMILES string of the molecule is CC1N=C2C(=CC(C#Cc3ccc(S(=O)(=O)O)cc3)=CN2CCC(C)S(=O)(=O)O)C1(C)C. The van der Waals surface area contributed by atoms with Gasteiger partial charge in [0.05, 0.1) is 16.2 Å². The molecular weight excluding hydrogens is 452 g/mol. The fourth-order valence-corrected chi connectivity index (χ4v) is 4.28. The van der Waals surface area contributed by atoms with E-state index in [0.717, 1.165) is 11.4 Å². The lowest BCUT2D eigenvalue weighted by Gasteiger charge is -2.31. The second-order valence-electron chi connectivity index (χ2n) is 8.55. The Kier molecular flexibility index (Phi) is 6.41. The zero-order valence-corrected chi connectivity index (χ0v) is 19.9. The number of hydrogen-bond donors (Lipinski definition) is 2. The Morgan fingerprint density at radius 3 is 2.31 bits per heavy atom. The lowest BCUT2D eigenvalue weighted by Crippen LogP contribution is -2.35. The van der Waals surface area contributed by atoms with E-state index in [1.54, 1.807) is 6.20 Å². The standard InChI is InChI=1S/C22H26N2O6S2/c1-15(31(25,26)27)11-12-24-14-18(13-20-21(24)23-16(2)22(20,3)4)6-5-17-7-9-19(10-8-17)32(28,29)30/h7-10,13-16H,11-12H2,1-4H3,(H,25,26,27)(H,28,29,30). The highest BCUT2D eigenvalue weighted by molar-refractivity contribution is 7.86. The minimum absolute atomic E-state index is 0.0268. The molecule has 2 aliphatic rings. The highest BCUT2D eigenvalue weighted by Crippen LogP contribution is 2.42. The summed E-state index contributed by atoms with van der Waals surface area (Å²) in [7, 11) is -8.39. The maximum Gasteiger partial charge on any atom is 0.294 e. The van der Waals surface area contributed by atoms with Crippen LogP contribution in [0.15, 0.2) is 57.6 Å². The smallest absolute Gasteiger partial charge is 0.294 e. The summed E-state index contributed by atoms with van der Waals surface area (Å²) in [5.41, 5.74) is 2.03. The molecule has 0 fully saturated rings. The molecule has 0 radical (unpaired) electrons. The molecule has 2 heterocycles. The Morgan fingerprint density at radius 1 is 1.12 bits per heavy atom. The van der Waals surface area contributed by atoms with Crippen LogP contribution in [0.2, 0.25) is 0 Å². The Labute approximate surface area is 189 Å². The van der Waals surface area contributed by atoms with Gasteiger partial charge in [-0.05, 0) is 50.6 Å². The van der Waals surface area contributed by atoms with Gasteiger partial charge in [0.25, 0.3) is 20.2 Å². The van der Waals surface area contributed by atoms with Crippen LogP contribution in [0.4, 0.5) is 0 Å². The minimum atomic E-state index is -4.26. The maximum atomic E-state index is 11.4. The van der Waals surface area contributed by atoms with Gasteiger partial charge in [-0.15, -0.1) is 0 Å². The van der Waals surface area contributed by atoms with Gasteiger partial charge >= 0.3 is 0 Å². The van der Waals surface area contributed by atoms with Crippen molar-refractivity contribution in [2.75, 3.05) is 6.54 Å². The molecule has 2 unspecified atom stereocenters. The minimum Gasteiger partial charge on any atom is -0.332 e. The van der Waals surface area contributed by atoms with Crippen molar-refractivity contribution in [3.05, 3.63) is 53.3 Å². The first-order valence-electron chi connectivity index (χ1n) is 10.0. The van der Waals surface area contributed by atoms with Gasteiger partial charge in [0.1, 0.15) is 5.84 Å². The van der Waals surface area contributed by atoms with Gasteiger partial charge in [-0.25, -0.2) is 0 Å². The van der Waals surface area contributed by atoms with Crippen molar-refractivity contribution in [2.24, 2.45) is 10.4 Å². The van der Waals surface area contributed by atoms with Crippen LogP contribution in [0.1, 0.15) is 39.7 Å². The number of fused-ring (bicyclic) bond motifs is 1. The molecule has 2 aliphatic heterocycles. The summed E-state index contributed by atoms with van der Waals surface area (Å²) >= 11 is 0. The Bertz CT molecular complexity index is 1280. The molecule has 0 aromatic heterocycles. The molecule has 0 spiro atoms. The largest absolute Gasteiger partial charge is 0.332 e. The van der Waals surface area contributed by atoms with E-state index in [0.29, 0.717) is 17.7 Å². The van der Waals surface area contributed by atoms with E-state index < -0.39 is 25.5 Å². The quantitative estimate of drug-likeness (QED) is 0.492. The topological polar surface area (TPSA) is 124 Å². The number of nitrogens with zero attached hydrogens (tertiary/aromatic N) is 2. The molecule has 2 atom stereocenters. The second-order valence-corrected chi connectivity index (χ2v) is 11.8. The highest BCUT2D eigenvalue weighted by Gasteiger charge is 2.41. The molecule has 172 valence electrons. The van der Waals surface area contributed by atoms with Gasteiger partial charge in [0.15, 0.2) is 0 Å². The summed E-state index contributed by atoms with van der Waals surface area (Å²) in [5, 5.41) is -0.909. The number of amidine groups is 1. The highest BCUT2D eigenvalue weighted by atomic mass is 32.2. The van der Waals surface area contributed by atoms with E-state index in [1.165, 1.54) is 31.2 Å². The normalized spacial score (nSPS) is 21.0. The predicted molar refractivity (Wildman–Crippen MR) is 122 cm³/mol. The third kappa shape index (κ3) is 5.13. The molecule has 3 rings (SSSR count). The monoisotopic (exact) mass is 478 g/mol. The molecule has 1 aromatic rings. The number of rotatable bonds is 5. The van der Waals surface area contributed by atoms with Crippen LogP contribution in [0, 0.1) is 17.3 Å². The Hall–Kier alpha value is -2.45. The molecule has 8 nitrogen and oxygen atoms in total. The van der Waals surface area contributed by atoms with Crippen molar-refractivity contribution >= 4 is 26.1 Å². The summed E-state index contributed by atoms with van der Waals surface area (Å²) in [6, 6.07) is 5.60. The van der Waals surface area contributed by atoms with E-state index in [4.69, 9.17) is 9.55 Å². The molecule has 10 heteroatoms. The molecule has 32 heavy (non-hydrogen) atoms. The van der Waals surface area contributed by atoms with Crippen LogP contribution in [0.5, 0.6) is 0 Å². The van der Waals surface area contributed by atoms with Crippen molar-refractivity contribution in [1.29, 1.82) is 0 Å². The lowest BCUT2D eigenvalue weighted by molar-refractivity contribution is 0.402. The second kappa shape index (κ2) is 8.48. The van der Waals surface area contributed by atoms with Gasteiger partial charge in [0.2, 0.25) is 0 Å². The summed E-state index contributed by atoms with van der Waals surface area (Å²) in [6.45, 7) is 7.99. The van der Waals surface area contributed by atoms with Crippen LogP contribution in [0.25, 0.3) is 0 Å². The molecule has 0 saturated carbocycles. The number of hydrogen-bond acceptors (Lipinski definition) is 6. The first-order chi connectivity index (χ1) is 14.7. The molecule has 0 aliphatic carbocycles. The summed E-state index contributed by atoms with van der Waals surface area (Å²) < 4.78 is 63.5. The van der Waals surface area contributed by atoms with Crippen molar-refractivity contribution in [2.45, 2.75) is 50.3 Å². The molecular formula is C22H26N2O6S2. The van der Waals surface area contributed by atoms with Crippen molar-refractivity contribution in [3.63, 3.8) is 0 Å². The number of allylic oxidation sites excluding steroid dienone is 2. The van der Waals surface area contributed by atoms with E-state index in [2.05, 4.69) is 25.7 Å². The van der Waals surface area contributed by atoms with Gasteiger partial charge < -0.3 is 4.90 Å². The van der Waals surface area contributed by atoms with Gasteiger partial charge in [-0.2, -0.15) is 16.8 Å². The molecule has 0 bridgehead atoms. The van der Waals surface area contributed by atoms with Crippen molar-refractivity contribution in [3.8, 4) is 11.8 Å². The van der Waals surface area contributed by atoms with Gasteiger partial charge in [0, 0.05) is 34.9 Å². The average Bonchev–Trinajstić information content (AvgIpc) is 2.92. The summed E-state index contributed by atoms with van der Waals surface area (Å²) in [6.07, 6.45) is 3.98. The van der Waals surface area contributed by atoms with Crippen LogP contribution < -0.4 is 0 Å². The number of benzene rings is 1. The third-order valence-electron chi connectivity index (χ3n) is 5.95. The molecule has 2 N–H and O–H groups in total. The number of aliphatic imine (C=N–C) groups is 1. The first kappa shape index (κ1) is 24.2. The molecule has 1 aromatic carbocycles. The van der Waals surface area contributed by atoms with Gasteiger partial charge in [-0.3, -0.25) is 14.1 Å². The Balaban J connectivity index is 1.91. The average molecular weight is 479 g/mol. The Morgan fingerprint density at radius 2 is 1.75 bits per heavy atom. The summed E-state index contributed by atoms with van der Waals surface area (Å²) in [5.74, 6) is 6.82. The van der Waals surface area contributed by atoms with E-state index in [1.807, 2.05) is 17.9 Å². The maximum absolute atomic E-state index is 11.4. The van der Waals surface area contributed by atoms with Crippen LogP contribution in [-0.4, -0.2) is 54.5 Å². The fourth-order valence-electron chi connectivity index (χ4n) is 3.39.